The summed E-state index contributed by atoms with van der Waals surface area (Å²) in [5.74, 6) is 0.611. The molecule has 0 saturated heterocycles. The Hall–Kier alpha value is -0.600. The molecule has 22 heavy (non-hydrogen) atoms. The summed E-state index contributed by atoms with van der Waals surface area (Å²) in [6, 6.07) is 0. The van der Waals surface area contributed by atoms with E-state index in [2.05, 4.69) is 27.7 Å². The van der Waals surface area contributed by atoms with Crippen molar-refractivity contribution in [2.75, 3.05) is 13.2 Å². The summed E-state index contributed by atoms with van der Waals surface area (Å²) in [5.41, 5.74) is 4.87. The number of aliphatic hydroxyl groups excluding tert-OH is 2. The van der Waals surface area contributed by atoms with Gasteiger partial charge in [0, 0.05) is 6.61 Å². The molecule has 0 amide bonds. The van der Waals surface area contributed by atoms with Crippen molar-refractivity contribution in [3.05, 3.63) is 22.8 Å². The fourth-order valence-corrected chi connectivity index (χ4v) is 5.27. The second-order valence-corrected chi connectivity index (χ2v) is 8.17. The first-order chi connectivity index (χ1) is 10.4. The smallest absolute Gasteiger partial charge is 0.0614 e. The topological polar surface area (TPSA) is 40.5 Å². The van der Waals surface area contributed by atoms with E-state index in [4.69, 9.17) is 5.11 Å². The maximum atomic E-state index is 9.99. The molecular formula is C20H34O2. The number of hydrogen-bond acceptors (Lipinski definition) is 2. The zero-order chi connectivity index (χ0) is 16.4. The van der Waals surface area contributed by atoms with Gasteiger partial charge in [0.05, 0.1) is 6.61 Å². The Kier molecular flexibility index (Phi) is 5.55. The normalized spacial score (nSPS) is 36.5. The Morgan fingerprint density at radius 1 is 1.27 bits per heavy atom. The van der Waals surface area contributed by atoms with Gasteiger partial charge in [-0.2, -0.15) is 0 Å². The lowest BCUT2D eigenvalue weighted by Crippen LogP contribution is -2.48. The Morgan fingerprint density at radius 3 is 2.64 bits per heavy atom. The molecule has 0 aliphatic heterocycles. The van der Waals surface area contributed by atoms with E-state index < -0.39 is 0 Å². The van der Waals surface area contributed by atoms with Crippen LogP contribution in [0.4, 0.5) is 0 Å². The predicted molar refractivity (Wildman–Crippen MR) is 92.7 cm³/mol. The Labute approximate surface area is 136 Å². The van der Waals surface area contributed by atoms with E-state index in [1.807, 2.05) is 6.08 Å². The van der Waals surface area contributed by atoms with Crippen LogP contribution >= 0.6 is 0 Å². The highest BCUT2D eigenvalue weighted by Crippen LogP contribution is 2.60. The predicted octanol–water partition coefficient (Wildman–Crippen LogP) is 4.62. The van der Waals surface area contributed by atoms with E-state index in [0.717, 1.165) is 12.8 Å². The molecule has 3 unspecified atom stereocenters. The lowest BCUT2D eigenvalue weighted by molar-refractivity contribution is -0.0388. The van der Waals surface area contributed by atoms with E-state index in [1.165, 1.54) is 37.7 Å². The summed E-state index contributed by atoms with van der Waals surface area (Å²) in [4.78, 5) is 0. The van der Waals surface area contributed by atoms with Crippen molar-refractivity contribution in [1.82, 2.24) is 0 Å². The Morgan fingerprint density at radius 2 is 2.00 bits per heavy atom. The van der Waals surface area contributed by atoms with E-state index in [1.54, 1.807) is 11.1 Å². The van der Waals surface area contributed by atoms with Crippen LogP contribution in [0.1, 0.15) is 72.6 Å². The lowest BCUT2D eigenvalue weighted by Gasteiger charge is -2.56. The van der Waals surface area contributed by atoms with Crippen LogP contribution in [-0.2, 0) is 0 Å². The molecule has 1 fully saturated rings. The highest BCUT2D eigenvalue weighted by molar-refractivity contribution is 5.28. The van der Waals surface area contributed by atoms with Crippen LogP contribution in [0.3, 0.4) is 0 Å². The second kappa shape index (κ2) is 6.88. The average Bonchev–Trinajstić information content (AvgIpc) is 2.46. The molecule has 0 bridgehead atoms. The van der Waals surface area contributed by atoms with Gasteiger partial charge < -0.3 is 10.2 Å². The quantitative estimate of drug-likeness (QED) is 0.728. The molecule has 0 heterocycles. The molecule has 2 N–H and O–H groups in total. The summed E-state index contributed by atoms with van der Waals surface area (Å²) in [7, 11) is 0. The zero-order valence-corrected chi connectivity index (χ0v) is 14.9. The first kappa shape index (κ1) is 17.7. The fraction of sp³-hybridized carbons (Fsp3) is 0.800. The third-order valence-electron chi connectivity index (χ3n) is 6.64. The first-order valence-electron chi connectivity index (χ1n) is 8.94. The van der Waals surface area contributed by atoms with Gasteiger partial charge in [0.1, 0.15) is 0 Å². The minimum absolute atomic E-state index is 0.0922. The largest absolute Gasteiger partial charge is 0.396 e. The molecule has 2 rings (SSSR count). The van der Waals surface area contributed by atoms with Gasteiger partial charge >= 0.3 is 0 Å². The van der Waals surface area contributed by atoms with Crippen molar-refractivity contribution < 1.29 is 10.2 Å². The van der Waals surface area contributed by atoms with Gasteiger partial charge in [0.2, 0.25) is 0 Å². The van der Waals surface area contributed by atoms with Crippen molar-refractivity contribution in [2.24, 2.45) is 16.7 Å². The van der Waals surface area contributed by atoms with Crippen molar-refractivity contribution in [3.8, 4) is 0 Å². The molecule has 0 aromatic rings. The van der Waals surface area contributed by atoms with Crippen molar-refractivity contribution in [2.45, 2.75) is 72.6 Å². The third-order valence-corrected chi connectivity index (χ3v) is 6.64. The molecule has 2 heteroatoms. The molecule has 2 nitrogen and oxygen atoms in total. The van der Waals surface area contributed by atoms with E-state index in [0.29, 0.717) is 12.5 Å². The molecule has 3 atom stereocenters. The molecule has 0 aromatic heterocycles. The van der Waals surface area contributed by atoms with E-state index >= 15 is 0 Å². The van der Waals surface area contributed by atoms with Crippen LogP contribution in [0.25, 0.3) is 0 Å². The fourth-order valence-electron chi connectivity index (χ4n) is 5.27. The molecule has 0 aromatic carbocycles. The van der Waals surface area contributed by atoms with Gasteiger partial charge in [-0.1, -0.05) is 43.1 Å². The molecule has 1 saturated carbocycles. The van der Waals surface area contributed by atoms with Crippen LogP contribution in [0.5, 0.6) is 0 Å². The number of aliphatic hydroxyl groups is 2. The average molecular weight is 306 g/mol. The highest BCUT2D eigenvalue weighted by Gasteiger charge is 2.51. The molecule has 2 aliphatic rings. The molecule has 126 valence electrons. The zero-order valence-electron chi connectivity index (χ0n) is 14.9. The highest BCUT2D eigenvalue weighted by atomic mass is 16.3. The van der Waals surface area contributed by atoms with Crippen molar-refractivity contribution in [1.29, 1.82) is 0 Å². The number of rotatable bonds is 5. The van der Waals surface area contributed by atoms with Crippen LogP contribution in [0, 0.1) is 16.7 Å². The summed E-state index contributed by atoms with van der Waals surface area (Å²) < 4.78 is 0. The first-order valence-corrected chi connectivity index (χ1v) is 8.94. The summed E-state index contributed by atoms with van der Waals surface area (Å²) in [6.45, 7) is 9.65. The van der Waals surface area contributed by atoms with Gasteiger partial charge in [0.25, 0.3) is 0 Å². The summed E-state index contributed by atoms with van der Waals surface area (Å²) in [6.07, 6.45) is 10.2. The Balaban J connectivity index is 2.26. The monoisotopic (exact) mass is 306 g/mol. The van der Waals surface area contributed by atoms with Crippen LogP contribution in [-0.4, -0.2) is 23.4 Å². The van der Waals surface area contributed by atoms with Gasteiger partial charge in [-0.15, -0.1) is 0 Å². The SMILES string of the molecule is CC(=CCO)CCC1=C(C)CCC2C(C)(CO)CCCC12C. The van der Waals surface area contributed by atoms with Crippen LogP contribution in [0.2, 0.25) is 0 Å². The van der Waals surface area contributed by atoms with Gasteiger partial charge in [-0.3, -0.25) is 0 Å². The third kappa shape index (κ3) is 3.19. The van der Waals surface area contributed by atoms with Gasteiger partial charge in [-0.25, -0.2) is 0 Å². The molecular weight excluding hydrogens is 272 g/mol. The minimum atomic E-state index is 0.0922. The van der Waals surface area contributed by atoms with E-state index in [-0.39, 0.29) is 17.4 Å². The second-order valence-electron chi connectivity index (χ2n) is 8.17. The lowest BCUT2D eigenvalue weighted by atomic mass is 9.49. The summed E-state index contributed by atoms with van der Waals surface area (Å²) >= 11 is 0. The Bertz CT molecular complexity index is 462. The molecule has 2 aliphatic carbocycles. The van der Waals surface area contributed by atoms with Crippen molar-refractivity contribution >= 4 is 0 Å². The summed E-state index contributed by atoms with van der Waals surface area (Å²) in [5, 5.41) is 19.0. The van der Waals surface area contributed by atoms with Crippen LogP contribution < -0.4 is 0 Å². The van der Waals surface area contributed by atoms with E-state index in [9.17, 15) is 5.11 Å². The molecule has 0 spiro atoms. The maximum Gasteiger partial charge on any atom is 0.0614 e. The van der Waals surface area contributed by atoms with Crippen molar-refractivity contribution in [3.63, 3.8) is 0 Å². The number of fused-ring (bicyclic) bond motifs is 1. The number of allylic oxidation sites excluding steroid dienone is 3. The maximum absolute atomic E-state index is 9.99. The number of hydrogen-bond donors (Lipinski definition) is 2. The van der Waals surface area contributed by atoms with Gasteiger partial charge in [-0.05, 0) is 69.1 Å². The minimum Gasteiger partial charge on any atom is -0.396 e. The standard InChI is InChI=1S/C20H34O2/c1-15(10-13-21)6-8-17-16(2)7-9-18-19(3,14-22)11-5-12-20(17,18)4/h10,18,21-22H,5-9,11-14H2,1-4H3. The molecule has 0 radical (unpaired) electrons. The van der Waals surface area contributed by atoms with Crippen LogP contribution in [0.15, 0.2) is 22.8 Å². The van der Waals surface area contributed by atoms with Gasteiger partial charge in [0.15, 0.2) is 0 Å².